The van der Waals surface area contributed by atoms with Crippen LogP contribution in [0.3, 0.4) is 0 Å². The van der Waals surface area contributed by atoms with Gasteiger partial charge in [0.1, 0.15) is 10.6 Å². The second-order valence-electron chi connectivity index (χ2n) is 5.16. The minimum absolute atomic E-state index is 0.276. The summed E-state index contributed by atoms with van der Waals surface area (Å²) in [7, 11) is 0. The Hall–Kier alpha value is -2.30. The summed E-state index contributed by atoms with van der Waals surface area (Å²) in [6.07, 6.45) is 0. The van der Waals surface area contributed by atoms with E-state index in [1.165, 1.54) is 11.3 Å². The van der Waals surface area contributed by atoms with Crippen LogP contribution in [0.15, 0.2) is 53.9 Å². The van der Waals surface area contributed by atoms with Gasteiger partial charge >= 0.3 is 5.97 Å². The molecule has 0 unspecified atom stereocenters. The summed E-state index contributed by atoms with van der Waals surface area (Å²) < 4.78 is 0. The fourth-order valence-electron chi connectivity index (χ4n) is 2.27. The Morgan fingerprint density at radius 3 is 2.35 bits per heavy atom. The van der Waals surface area contributed by atoms with Crippen molar-refractivity contribution < 1.29 is 9.90 Å². The molecule has 0 radical (unpaired) electrons. The maximum Gasteiger partial charge on any atom is 0.339 e. The number of anilines is 2. The molecule has 0 bridgehead atoms. The maximum atomic E-state index is 11.7. The second-order valence-corrected chi connectivity index (χ2v) is 6.47. The largest absolute Gasteiger partial charge is 0.478 e. The summed E-state index contributed by atoms with van der Waals surface area (Å²) in [5, 5.41) is 15.9. The summed E-state index contributed by atoms with van der Waals surface area (Å²) in [5.74, 6) is -0.953. The summed E-state index contributed by atoms with van der Waals surface area (Å²) in [6.45, 7) is 2.01. The molecule has 3 aromatic rings. The van der Waals surface area contributed by atoms with Crippen LogP contribution in [-0.2, 0) is 0 Å². The molecule has 0 aliphatic heterocycles. The third-order valence-corrected chi connectivity index (χ3v) is 4.62. The lowest BCUT2D eigenvalue weighted by Crippen LogP contribution is -2.01. The molecular weight excluding hydrogens is 330 g/mol. The molecule has 0 spiro atoms. The molecule has 0 atom stereocenters. The number of halogens is 1. The number of rotatable bonds is 4. The minimum Gasteiger partial charge on any atom is -0.478 e. The zero-order valence-corrected chi connectivity index (χ0v) is 13.9. The van der Waals surface area contributed by atoms with Gasteiger partial charge in [-0.1, -0.05) is 41.4 Å². The van der Waals surface area contributed by atoms with Crippen LogP contribution in [-0.4, -0.2) is 11.1 Å². The van der Waals surface area contributed by atoms with E-state index in [-0.39, 0.29) is 5.56 Å². The molecule has 0 saturated carbocycles. The Kier molecular flexibility index (Phi) is 4.37. The van der Waals surface area contributed by atoms with Crippen LogP contribution >= 0.6 is 22.9 Å². The lowest BCUT2D eigenvalue weighted by atomic mass is 10.0. The smallest absolute Gasteiger partial charge is 0.339 e. The zero-order valence-electron chi connectivity index (χ0n) is 12.3. The number of aryl methyl sites for hydroxylation is 1. The van der Waals surface area contributed by atoms with Crippen molar-refractivity contribution in [2.45, 2.75) is 6.92 Å². The van der Waals surface area contributed by atoms with E-state index in [4.69, 9.17) is 11.6 Å². The van der Waals surface area contributed by atoms with Gasteiger partial charge in [-0.25, -0.2) is 4.79 Å². The average molecular weight is 344 g/mol. The van der Waals surface area contributed by atoms with Gasteiger partial charge in [-0.2, -0.15) is 0 Å². The van der Waals surface area contributed by atoms with Crippen LogP contribution in [0.1, 0.15) is 15.9 Å². The summed E-state index contributed by atoms with van der Waals surface area (Å²) >= 11 is 7.28. The van der Waals surface area contributed by atoms with E-state index in [0.29, 0.717) is 15.6 Å². The van der Waals surface area contributed by atoms with E-state index < -0.39 is 5.97 Å². The monoisotopic (exact) mass is 343 g/mol. The fourth-order valence-corrected chi connectivity index (χ4v) is 3.38. The molecule has 1 heterocycles. The molecule has 3 rings (SSSR count). The second kappa shape index (κ2) is 6.44. The Morgan fingerprint density at radius 1 is 1.09 bits per heavy atom. The highest BCUT2D eigenvalue weighted by atomic mass is 35.5. The molecule has 23 heavy (non-hydrogen) atoms. The van der Waals surface area contributed by atoms with Gasteiger partial charge in [0.15, 0.2) is 0 Å². The Bertz CT molecular complexity index is 838. The lowest BCUT2D eigenvalue weighted by molar-refractivity contribution is 0.0699. The first-order chi connectivity index (χ1) is 11.0. The van der Waals surface area contributed by atoms with Crippen molar-refractivity contribution in [2.75, 3.05) is 5.32 Å². The first kappa shape index (κ1) is 15.6. The van der Waals surface area contributed by atoms with Crippen LogP contribution in [0.2, 0.25) is 5.02 Å². The van der Waals surface area contributed by atoms with E-state index in [1.54, 1.807) is 12.1 Å². The molecule has 0 amide bonds. The fraction of sp³-hybridized carbons (Fsp3) is 0.0556. The molecule has 5 heteroatoms. The van der Waals surface area contributed by atoms with Crippen molar-refractivity contribution in [1.82, 2.24) is 0 Å². The Morgan fingerprint density at radius 2 is 1.74 bits per heavy atom. The quantitative estimate of drug-likeness (QED) is 0.627. The van der Waals surface area contributed by atoms with Crippen LogP contribution in [0.25, 0.3) is 11.1 Å². The normalized spacial score (nSPS) is 10.5. The Labute approximate surface area is 143 Å². The predicted octanol–water partition coefficient (Wildman–Crippen LogP) is 5.82. The molecule has 116 valence electrons. The number of carboxylic acids is 1. The van der Waals surface area contributed by atoms with Gasteiger partial charge in [0.05, 0.1) is 0 Å². The number of hydrogen-bond donors (Lipinski definition) is 2. The molecule has 0 saturated heterocycles. The first-order valence-electron chi connectivity index (χ1n) is 6.99. The number of hydrogen-bond acceptors (Lipinski definition) is 3. The molecule has 3 nitrogen and oxygen atoms in total. The minimum atomic E-state index is -0.953. The van der Waals surface area contributed by atoms with Crippen molar-refractivity contribution in [3.8, 4) is 11.1 Å². The van der Waals surface area contributed by atoms with Crippen LogP contribution in [0.5, 0.6) is 0 Å². The topological polar surface area (TPSA) is 49.3 Å². The third-order valence-electron chi connectivity index (χ3n) is 3.47. The molecule has 2 N–H and O–H groups in total. The van der Waals surface area contributed by atoms with Crippen molar-refractivity contribution in [3.63, 3.8) is 0 Å². The lowest BCUT2D eigenvalue weighted by Gasteiger charge is -2.07. The standard InChI is InChI=1S/C18H14ClNO2S/c1-11-2-8-14(9-3-11)20-17-16(18(21)22)15(10-23-17)12-4-6-13(19)7-5-12/h2-10,20H,1H3,(H,21,22). The number of carboxylic acid groups (broad SMARTS) is 1. The van der Waals surface area contributed by atoms with Gasteiger partial charge in [-0.15, -0.1) is 11.3 Å². The van der Waals surface area contributed by atoms with E-state index >= 15 is 0 Å². The first-order valence-corrected chi connectivity index (χ1v) is 8.25. The number of nitrogens with one attached hydrogen (secondary N) is 1. The van der Waals surface area contributed by atoms with Gasteiger partial charge in [0, 0.05) is 21.7 Å². The molecule has 2 aromatic carbocycles. The van der Waals surface area contributed by atoms with E-state index in [2.05, 4.69) is 5.32 Å². The van der Waals surface area contributed by atoms with Crippen molar-refractivity contribution in [2.24, 2.45) is 0 Å². The number of thiophene rings is 1. The highest BCUT2D eigenvalue weighted by molar-refractivity contribution is 7.15. The molecule has 1 aromatic heterocycles. The highest BCUT2D eigenvalue weighted by Gasteiger charge is 2.19. The van der Waals surface area contributed by atoms with Crippen LogP contribution < -0.4 is 5.32 Å². The zero-order chi connectivity index (χ0) is 16.4. The van der Waals surface area contributed by atoms with Gasteiger partial charge in [-0.05, 0) is 36.8 Å². The van der Waals surface area contributed by atoms with E-state index in [0.717, 1.165) is 16.8 Å². The average Bonchev–Trinajstić information content (AvgIpc) is 2.94. The predicted molar refractivity (Wildman–Crippen MR) is 96.2 cm³/mol. The van der Waals surface area contributed by atoms with Crippen molar-refractivity contribution in [1.29, 1.82) is 0 Å². The van der Waals surface area contributed by atoms with E-state index in [1.807, 2.05) is 48.7 Å². The third kappa shape index (κ3) is 3.38. The molecular formula is C18H14ClNO2S. The molecule has 0 fully saturated rings. The van der Waals surface area contributed by atoms with Crippen LogP contribution in [0, 0.1) is 6.92 Å². The van der Waals surface area contributed by atoms with Gasteiger partial charge < -0.3 is 10.4 Å². The SMILES string of the molecule is Cc1ccc(Nc2scc(-c3ccc(Cl)cc3)c2C(=O)O)cc1. The van der Waals surface area contributed by atoms with Gasteiger partial charge in [0.2, 0.25) is 0 Å². The van der Waals surface area contributed by atoms with E-state index in [9.17, 15) is 9.90 Å². The van der Waals surface area contributed by atoms with Crippen LogP contribution in [0.4, 0.5) is 10.7 Å². The molecule has 0 aliphatic carbocycles. The van der Waals surface area contributed by atoms with Gasteiger partial charge in [-0.3, -0.25) is 0 Å². The molecule has 0 aliphatic rings. The summed E-state index contributed by atoms with van der Waals surface area (Å²) in [6, 6.07) is 15.0. The number of carbonyl (C=O) groups is 1. The van der Waals surface area contributed by atoms with Crippen molar-refractivity contribution >= 4 is 39.6 Å². The van der Waals surface area contributed by atoms with Crippen molar-refractivity contribution in [3.05, 3.63) is 70.1 Å². The summed E-state index contributed by atoms with van der Waals surface area (Å²) in [4.78, 5) is 11.7. The maximum absolute atomic E-state index is 11.7. The Balaban J connectivity index is 2.00. The number of benzene rings is 2. The number of aromatic carboxylic acids is 1. The van der Waals surface area contributed by atoms with Gasteiger partial charge in [0.25, 0.3) is 0 Å². The summed E-state index contributed by atoms with van der Waals surface area (Å²) in [5.41, 5.74) is 3.82. The highest BCUT2D eigenvalue weighted by Crippen LogP contribution is 2.37.